The van der Waals surface area contributed by atoms with E-state index >= 15 is 0 Å². The lowest BCUT2D eigenvalue weighted by Crippen LogP contribution is -2.58. The Bertz CT molecular complexity index is 750. The molecular weight excluding hydrogens is 390 g/mol. The Kier molecular flexibility index (Phi) is 7.39. The quantitative estimate of drug-likeness (QED) is 0.652. The number of nitrogens with zero attached hydrogens (tertiary/aromatic N) is 2. The molecule has 1 heterocycles. The topological polar surface area (TPSA) is 54.0 Å². The van der Waals surface area contributed by atoms with E-state index in [0.29, 0.717) is 30.5 Å². The molecule has 0 radical (unpaired) electrons. The summed E-state index contributed by atoms with van der Waals surface area (Å²) in [5, 5.41) is 3.32. The summed E-state index contributed by atoms with van der Waals surface area (Å²) < 4.78 is 11.0. The largest absolute Gasteiger partial charge is 0.497 e. The molecule has 3 fully saturated rings. The zero-order chi connectivity index (χ0) is 21.8. The van der Waals surface area contributed by atoms with Crippen LogP contribution in [0.5, 0.6) is 11.5 Å². The van der Waals surface area contributed by atoms with Crippen molar-refractivity contribution in [3.8, 4) is 11.5 Å². The predicted octanol–water partition coefficient (Wildman–Crippen LogP) is 3.44. The van der Waals surface area contributed by atoms with E-state index in [9.17, 15) is 4.79 Å². The van der Waals surface area contributed by atoms with Crippen molar-refractivity contribution < 1.29 is 14.3 Å². The van der Waals surface area contributed by atoms with Crippen molar-refractivity contribution in [3.05, 3.63) is 23.8 Å². The van der Waals surface area contributed by atoms with Gasteiger partial charge in [0.25, 0.3) is 0 Å². The lowest BCUT2D eigenvalue weighted by Gasteiger charge is -2.46. The molecule has 4 rings (SSSR count). The molecule has 3 aliphatic rings. The molecular formula is C25H39N3O3. The van der Waals surface area contributed by atoms with Crippen molar-refractivity contribution >= 4 is 5.91 Å². The molecule has 6 heteroatoms. The van der Waals surface area contributed by atoms with Crippen LogP contribution < -0.4 is 14.8 Å². The highest BCUT2D eigenvalue weighted by molar-refractivity contribution is 5.83. The van der Waals surface area contributed by atoms with Crippen LogP contribution in [0.25, 0.3) is 0 Å². The molecule has 6 nitrogen and oxygen atoms in total. The number of nitrogens with one attached hydrogen (secondary N) is 1. The number of rotatable bonds is 9. The second-order valence-electron chi connectivity index (χ2n) is 9.44. The van der Waals surface area contributed by atoms with E-state index in [-0.39, 0.29) is 6.04 Å². The third-order valence-electron chi connectivity index (χ3n) is 7.47. The average Bonchev–Trinajstić information content (AvgIpc) is 3.66. The number of likely N-dealkylation sites (N-methyl/N-ethyl adjacent to an activating group) is 1. The molecule has 0 unspecified atom stereocenters. The number of carbonyl (C=O) groups is 1. The van der Waals surface area contributed by atoms with Gasteiger partial charge in [0.2, 0.25) is 5.91 Å². The fraction of sp³-hybridized carbons (Fsp3) is 0.720. The van der Waals surface area contributed by atoms with Crippen molar-refractivity contribution in [2.24, 2.45) is 5.92 Å². The van der Waals surface area contributed by atoms with Crippen molar-refractivity contribution in [2.45, 2.75) is 76.0 Å². The van der Waals surface area contributed by atoms with E-state index in [1.807, 2.05) is 19.2 Å². The number of amides is 1. The Hall–Kier alpha value is -1.79. The number of hydrogen-bond donors (Lipinski definition) is 1. The number of likely N-dealkylation sites (tertiary alicyclic amines) is 1. The molecule has 0 bridgehead atoms. The molecule has 1 saturated heterocycles. The summed E-state index contributed by atoms with van der Waals surface area (Å²) >= 11 is 0. The summed E-state index contributed by atoms with van der Waals surface area (Å²) in [6.07, 6.45) is 9.83. The molecule has 3 atom stereocenters. The van der Waals surface area contributed by atoms with Crippen LogP contribution in [0.2, 0.25) is 0 Å². The fourth-order valence-electron chi connectivity index (χ4n) is 5.71. The first-order valence-electron chi connectivity index (χ1n) is 12.1. The number of methoxy groups -OCH3 is 2. The van der Waals surface area contributed by atoms with Gasteiger partial charge in [-0.05, 0) is 57.6 Å². The maximum Gasteiger partial charge on any atom is 0.241 e. The molecule has 2 saturated carbocycles. The summed E-state index contributed by atoms with van der Waals surface area (Å²) in [4.78, 5) is 18.6. The van der Waals surface area contributed by atoms with E-state index in [1.165, 1.54) is 32.1 Å². The molecule has 1 N–H and O–H groups in total. The SMILES string of the molecule is CNC[C@H](C(=O)N1CCC[C@H]2CCCC[C@@H]21)N(Cc1ccc(OC)cc1OC)C1CC1. The van der Waals surface area contributed by atoms with Crippen LogP contribution in [0, 0.1) is 5.92 Å². The van der Waals surface area contributed by atoms with Gasteiger partial charge in [-0.3, -0.25) is 9.69 Å². The zero-order valence-corrected chi connectivity index (χ0v) is 19.4. The first kappa shape index (κ1) is 22.4. The van der Waals surface area contributed by atoms with Crippen molar-refractivity contribution in [3.63, 3.8) is 0 Å². The Morgan fingerprint density at radius 1 is 1.13 bits per heavy atom. The average molecular weight is 430 g/mol. The molecule has 1 aromatic rings. The zero-order valence-electron chi connectivity index (χ0n) is 19.4. The van der Waals surface area contributed by atoms with Crippen LogP contribution >= 0.6 is 0 Å². The van der Waals surface area contributed by atoms with Crippen LogP contribution in [0.1, 0.15) is 56.9 Å². The van der Waals surface area contributed by atoms with Gasteiger partial charge in [-0.2, -0.15) is 0 Å². The minimum absolute atomic E-state index is 0.134. The van der Waals surface area contributed by atoms with E-state index in [2.05, 4.69) is 21.2 Å². The number of piperidine rings is 1. The number of hydrogen-bond acceptors (Lipinski definition) is 5. The van der Waals surface area contributed by atoms with Gasteiger partial charge in [0.05, 0.1) is 14.2 Å². The minimum Gasteiger partial charge on any atom is -0.497 e. The molecule has 31 heavy (non-hydrogen) atoms. The molecule has 172 valence electrons. The van der Waals surface area contributed by atoms with Gasteiger partial charge in [-0.15, -0.1) is 0 Å². The lowest BCUT2D eigenvalue weighted by molar-refractivity contribution is -0.144. The summed E-state index contributed by atoms with van der Waals surface area (Å²) in [7, 11) is 5.33. The highest BCUT2D eigenvalue weighted by Gasteiger charge is 2.43. The normalized spacial score (nSPS) is 24.6. The summed E-state index contributed by atoms with van der Waals surface area (Å²) in [5.41, 5.74) is 1.11. The van der Waals surface area contributed by atoms with Crippen LogP contribution in [-0.4, -0.2) is 68.2 Å². The second kappa shape index (κ2) is 10.2. The second-order valence-corrected chi connectivity index (χ2v) is 9.44. The standard InChI is InChI=1S/C25H39N3O3/c1-26-16-23(25(29)27-14-6-8-18-7-4-5-9-22(18)27)28(20-11-12-20)17-19-10-13-21(30-2)15-24(19)31-3/h10,13,15,18,20,22-23,26H,4-9,11-12,14,16-17H2,1-3H3/t18-,22+,23-/m1/s1. The van der Waals surface area contributed by atoms with Crippen molar-refractivity contribution in [2.75, 3.05) is 34.4 Å². The van der Waals surface area contributed by atoms with Crippen LogP contribution in [0.4, 0.5) is 0 Å². The highest BCUT2D eigenvalue weighted by Crippen LogP contribution is 2.38. The molecule has 1 aromatic carbocycles. The van der Waals surface area contributed by atoms with Gasteiger partial charge >= 0.3 is 0 Å². The highest BCUT2D eigenvalue weighted by atomic mass is 16.5. The van der Waals surface area contributed by atoms with Gasteiger partial charge in [0.1, 0.15) is 17.5 Å². The Labute approximate surface area is 187 Å². The van der Waals surface area contributed by atoms with E-state index in [4.69, 9.17) is 9.47 Å². The fourth-order valence-corrected chi connectivity index (χ4v) is 5.71. The summed E-state index contributed by atoms with van der Waals surface area (Å²) in [5.74, 6) is 2.65. The van der Waals surface area contributed by atoms with Gasteiger partial charge < -0.3 is 19.7 Å². The Balaban J connectivity index is 1.56. The lowest BCUT2D eigenvalue weighted by atomic mass is 9.78. The van der Waals surface area contributed by atoms with Crippen molar-refractivity contribution in [1.82, 2.24) is 15.1 Å². The minimum atomic E-state index is -0.134. The van der Waals surface area contributed by atoms with Crippen LogP contribution in [0.15, 0.2) is 18.2 Å². The van der Waals surface area contributed by atoms with E-state index in [0.717, 1.165) is 49.4 Å². The Morgan fingerprint density at radius 2 is 1.90 bits per heavy atom. The predicted molar refractivity (Wildman–Crippen MR) is 123 cm³/mol. The van der Waals surface area contributed by atoms with Gasteiger partial charge in [0, 0.05) is 43.3 Å². The monoisotopic (exact) mass is 429 g/mol. The maximum absolute atomic E-state index is 14.0. The summed E-state index contributed by atoms with van der Waals surface area (Å²) in [6, 6.07) is 6.78. The smallest absolute Gasteiger partial charge is 0.241 e. The molecule has 0 aromatic heterocycles. The molecule has 1 amide bonds. The number of fused-ring (bicyclic) bond motifs is 1. The van der Waals surface area contributed by atoms with Crippen molar-refractivity contribution in [1.29, 1.82) is 0 Å². The first-order valence-corrected chi connectivity index (χ1v) is 12.1. The molecule has 1 aliphatic heterocycles. The Morgan fingerprint density at radius 3 is 2.61 bits per heavy atom. The number of carbonyl (C=O) groups excluding carboxylic acids is 1. The number of benzene rings is 1. The van der Waals surface area contributed by atoms with E-state index in [1.54, 1.807) is 14.2 Å². The van der Waals surface area contributed by atoms with Crippen LogP contribution in [-0.2, 0) is 11.3 Å². The number of ether oxygens (including phenoxy) is 2. The third kappa shape index (κ3) is 5.01. The maximum atomic E-state index is 14.0. The van der Waals surface area contributed by atoms with Gasteiger partial charge in [-0.1, -0.05) is 18.9 Å². The van der Waals surface area contributed by atoms with Gasteiger partial charge in [-0.25, -0.2) is 0 Å². The first-order chi connectivity index (χ1) is 15.2. The van der Waals surface area contributed by atoms with E-state index < -0.39 is 0 Å². The van der Waals surface area contributed by atoms with Gasteiger partial charge in [0.15, 0.2) is 0 Å². The molecule has 0 spiro atoms. The molecule has 2 aliphatic carbocycles. The summed E-state index contributed by atoms with van der Waals surface area (Å²) in [6.45, 7) is 2.32. The van der Waals surface area contributed by atoms with Crippen LogP contribution in [0.3, 0.4) is 0 Å². The third-order valence-corrected chi connectivity index (χ3v) is 7.47.